The van der Waals surface area contributed by atoms with Gasteiger partial charge in [0.2, 0.25) is 0 Å². The SMILES string of the molecule is C/C(=C\C(=O)NO)c1ccc(CNCCc2ccc3[nH]ccc3c2)cc1.C/C=C\NC. The number of rotatable bonds is 8. The number of fused-ring (bicyclic) bond motifs is 1. The topological polar surface area (TPSA) is 89.2 Å². The molecule has 1 aromatic heterocycles. The molecule has 0 bridgehead atoms. The monoisotopic (exact) mass is 420 g/mol. The first-order valence-corrected chi connectivity index (χ1v) is 10.3. The maximum atomic E-state index is 11.2. The summed E-state index contributed by atoms with van der Waals surface area (Å²) in [5.41, 5.74) is 7.04. The van der Waals surface area contributed by atoms with E-state index in [1.807, 2.05) is 63.6 Å². The normalized spacial score (nSPS) is 11.3. The summed E-state index contributed by atoms with van der Waals surface area (Å²) in [6.45, 7) is 5.51. The number of allylic oxidation sites excluding steroid dienone is 2. The van der Waals surface area contributed by atoms with Crippen LogP contribution in [-0.4, -0.2) is 29.7 Å². The molecule has 6 heteroatoms. The fourth-order valence-corrected chi connectivity index (χ4v) is 3.09. The Hall–Kier alpha value is -3.35. The third kappa shape index (κ3) is 8.12. The van der Waals surface area contributed by atoms with E-state index in [1.54, 1.807) is 5.48 Å². The van der Waals surface area contributed by atoms with Crippen LogP contribution in [0.4, 0.5) is 0 Å². The zero-order valence-electron chi connectivity index (χ0n) is 18.4. The van der Waals surface area contributed by atoms with Crippen LogP contribution in [0, 0.1) is 0 Å². The molecule has 0 atom stereocenters. The van der Waals surface area contributed by atoms with Gasteiger partial charge in [-0.05, 0) is 78.9 Å². The van der Waals surface area contributed by atoms with Gasteiger partial charge in [-0.25, -0.2) is 5.48 Å². The Bertz CT molecular complexity index is 1000. The molecule has 0 unspecified atom stereocenters. The van der Waals surface area contributed by atoms with Gasteiger partial charge in [-0.2, -0.15) is 0 Å². The standard InChI is InChI=1S/C21H23N3O2.C4H9N/c1-15(12-21(25)24-26)18-5-2-17(3-6-18)14-22-10-8-16-4-7-20-19(13-16)9-11-23-20;1-3-4-5-2/h2-7,9,11-13,22-23,26H,8,10,14H2,1H3,(H,24,25);3-5H,1-2H3/b15-12+;4-3-. The van der Waals surface area contributed by atoms with Crippen LogP contribution < -0.4 is 16.1 Å². The van der Waals surface area contributed by atoms with E-state index in [4.69, 9.17) is 5.21 Å². The summed E-state index contributed by atoms with van der Waals surface area (Å²) in [6, 6.07) is 16.6. The van der Waals surface area contributed by atoms with Crippen LogP contribution in [0.25, 0.3) is 16.5 Å². The quantitative estimate of drug-likeness (QED) is 0.164. The number of carbonyl (C=O) groups is 1. The van der Waals surface area contributed by atoms with E-state index in [0.29, 0.717) is 0 Å². The molecular weight excluding hydrogens is 388 g/mol. The number of hydrogen-bond donors (Lipinski definition) is 5. The molecule has 0 saturated heterocycles. The third-order valence-corrected chi connectivity index (χ3v) is 4.74. The first kappa shape index (κ1) is 23.9. The molecule has 1 heterocycles. The lowest BCUT2D eigenvalue weighted by atomic mass is 10.0. The van der Waals surface area contributed by atoms with Gasteiger partial charge < -0.3 is 15.6 Å². The highest BCUT2D eigenvalue weighted by Gasteiger charge is 2.01. The maximum Gasteiger partial charge on any atom is 0.267 e. The number of amides is 1. The molecule has 3 aromatic rings. The maximum absolute atomic E-state index is 11.2. The fraction of sp³-hybridized carbons (Fsp3) is 0.240. The first-order valence-electron chi connectivity index (χ1n) is 10.3. The minimum atomic E-state index is -0.522. The van der Waals surface area contributed by atoms with Gasteiger partial charge in [0.05, 0.1) is 0 Å². The second kappa shape index (κ2) is 13.1. The van der Waals surface area contributed by atoms with Crippen LogP contribution in [0.5, 0.6) is 0 Å². The number of aromatic nitrogens is 1. The van der Waals surface area contributed by atoms with Crippen molar-refractivity contribution in [2.24, 2.45) is 0 Å². The number of benzene rings is 2. The van der Waals surface area contributed by atoms with Crippen molar-refractivity contribution in [1.29, 1.82) is 0 Å². The average Bonchev–Trinajstić information content (AvgIpc) is 3.26. The predicted octanol–water partition coefficient (Wildman–Crippen LogP) is 4.15. The lowest BCUT2D eigenvalue weighted by Crippen LogP contribution is -2.16. The Morgan fingerprint density at radius 3 is 2.48 bits per heavy atom. The van der Waals surface area contributed by atoms with E-state index in [0.717, 1.165) is 30.6 Å². The summed E-state index contributed by atoms with van der Waals surface area (Å²) in [6.07, 6.45) is 8.13. The molecule has 5 N–H and O–H groups in total. The van der Waals surface area contributed by atoms with Gasteiger partial charge in [0, 0.05) is 31.4 Å². The van der Waals surface area contributed by atoms with Crippen molar-refractivity contribution in [2.75, 3.05) is 13.6 Å². The van der Waals surface area contributed by atoms with E-state index in [2.05, 4.69) is 39.9 Å². The second-order valence-electron chi connectivity index (χ2n) is 7.12. The van der Waals surface area contributed by atoms with Crippen LogP contribution in [0.3, 0.4) is 0 Å². The molecule has 3 rings (SSSR count). The molecule has 31 heavy (non-hydrogen) atoms. The molecule has 1 amide bonds. The number of hydroxylamine groups is 1. The summed E-state index contributed by atoms with van der Waals surface area (Å²) in [5, 5.41) is 16.1. The van der Waals surface area contributed by atoms with Crippen LogP contribution in [-0.2, 0) is 17.8 Å². The van der Waals surface area contributed by atoms with Crippen molar-refractivity contribution < 1.29 is 10.0 Å². The highest BCUT2D eigenvalue weighted by atomic mass is 16.5. The Labute approximate surface area is 184 Å². The van der Waals surface area contributed by atoms with E-state index >= 15 is 0 Å². The molecule has 0 spiro atoms. The van der Waals surface area contributed by atoms with Crippen LogP contribution in [0.1, 0.15) is 30.5 Å². The summed E-state index contributed by atoms with van der Waals surface area (Å²) < 4.78 is 0. The van der Waals surface area contributed by atoms with Crippen molar-refractivity contribution in [2.45, 2.75) is 26.8 Å². The molecule has 6 nitrogen and oxygen atoms in total. The van der Waals surface area contributed by atoms with Crippen molar-refractivity contribution >= 4 is 22.4 Å². The van der Waals surface area contributed by atoms with E-state index in [9.17, 15) is 4.79 Å². The smallest absolute Gasteiger partial charge is 0.267 e. The molecule has 0 fully saturated rings. The van der Waals surface area contributed by atoms with Crippen molar-refractivity contribution in [3.05, 3.63) is 89.8 Å². The minimum absolute atomic E-state index is 0.522. The predicted molar refractivity (Wildman–Crippen MR) is 128 cm³/mol. The number of hydrogen-bond acceptors (Lipinski definition) is 4. The van der Waals surface area contributed by atoms with Gasteiger partial charge >= 0.3 is 0 Å². The molecule has 0 radical (unpaired) electrons. The van der Waals surface area contributed by atoms with Gasteiger partial charge in [0.15, 0.2) is 0 Å². The largest absolute Gasteiger partial charge is 0.394 e. The van der Waals surface area contributed by atoms with E-state index in [-0.39, 0.29) is 0 Å². The Morgan fingerprint density at radius 2 is 1.84 bits per heavy atom. The first-order chi connectivity index (χ1) is 15.1. The molecule has 0 aliphatic rings. The number of carbonyl (C=O) groups excluding carboxylic acids is 1. The molecule has 0 aliphatic heterocycles. The number of H-pyrrole nitrogens is 1. The van der Waals surface area contributed by atoms with Crippen LogP contribution >= 0.6 is 0 Å². The van der Waals surface area contributed by atoms with Gasteiger partial charge in [-0.1, -0.05) is 36.4 Å². The zero-order valence-corrected chi connectivity index (χ0v) is 18.4. The van der Waals surface area contributed by atoms with Crippen molar-refractivity contribution in [1.82, 2.24) is 21.1 Å². The molecule has 164 valence electrons. The zero-order chi connectivity index (χ0) is 22.5. The third-order valence-electron chi connectivity index (χ3n) is 4.74. The molecule has 2 aromatic carbocycles. The van der Waals surface area contributed by atoms with Gasteiger partial charge in [-0.15, -0.1) is 0 Å². The van der Waals surface area contributed by atoms with Gasteiger partial charge in [0.25, 0.3) is 5.91 Å². The summed E-state index contributed by atoms with van der Waals surface area (Å²) >= 11 is 0. The Balaban J connectivity index is 0.000000614. The second-order valence-corrected chi connectivity index (χ2v) is 7.12. The van der Waals surface area contributed by atoms with Crippen molar-refractivity contribution in [3.8, 4) is 0 Å². The summed E-state index contributed by atoms with van der Waals surface area (Å²) in [7, 11) is 1.88. The van der Waals surface area contributed by atoms with Gasteiger partial charge in [0.1, 0.15) is 0 Å². The highest BCUT2D eigenvalue weighted by Crippen LogP contribution is 2.15. The summed E-state index contributed by atoms with van der Waals surface area (Å²) in [4.78, 5) is 14.4. The lowest BCUT2D eigenvalue weighted by molar-refractivity contribution is -0.124. The van der Waals surface area contributed by atoms with E-state index in [1.165, 1.54) is 28.1 Å². The molecular formula is C25H32N4O2. The van der Waals surface area contributed by atoms with Crippen molar-refractivity contribution in [3.63, 3.8) is 0 Å². The summed E-state index contributed by atoms with van der Waals surface area (Å²) in [5.74, 6) is -0.522. The number of nitrogens with one attached hydrogen (secondary N) is 4. The minimum Gasteiger partial charge on any atom is -0.394 e. The van der Waals surface area contributed by atoms with Gasteiger partial charge in [-0.3, -0.25) is 10.0 Å². The lowest BCUT2D eigenvalue weighted by Gasteiger charge is -2.07. The average molecular weight is 421 g/mol. The molecule has 0 saturated carbocycles. The highest BCUT2D eigenvalue weighted by molar-refractivity contribution is 5.94. The Morgan fingerprint density at radius 1 is 1.10 bits per heavy atom. The number of aromatic amines is 1. The fourth-order valence-electron chi connectivity index (χ4n) is 3.09. The van der Waals surface area contributed by atoms with Crippen LogP contribution in [0.15, 0.2) is 73.1 Å². The molecule has 0 aliphatic carbocycles. The van der Waals surface area contributed by atoms with Crippen LogP contribution in [0.2, 0.25) is 0 Å². The Kier molecular flexibility index (Phi) is 10.1. The van der Waals surface area contributed by atoms with E-state index < -0.39 is 5.91 Å².